The summed E-state index contributed by atoms with van der Waals surface area (Å²) in [5.41, 5.74) is 0. The Hall–Kier alpha value is -0.00169. The van der Waals surface area contributed by atoms with Crippen molar-refractivity contribution >= 4 is 31.0 Å². The molecular formula is C8H14Cl2MoN4O2. The molecule has 2 aliphatic rings. The first-order valence-corrected chi connectivity index (χ1v) is 6.22. The number of rotatable bonds is 1. The van der Waals surface area contributed by atoms with Gasteiger partial charge < -0.3 is 20.9 Å². The average Bonchev–Trinajstić information content (AvgIpc) is 2.32. The van der Waals surface area contributed by atoms with E-state index in [-0.39, 0.29) is 37.1 Å². The molecule has 0 amide bonds. The van der Waals surface area contributed by atoms with E-state index in [0.717, 1.165) is 19.5 Å². The van der Waals surface area contributed by atoms with Gasteiger partial charge in [-0.1, -0.05) is 18.7 Å². The van der Waals surface area contributed by atoms with Gasteiger partial charge in [-0.05, 0) is 12.7 Å². The van der Waals surface area contributed by atoms with Gasteiger partial charge in [0.2, 0.25) is 0 Å². The van der Waals surface area contributed by atoms with E-state index >= 15 is 0 Å². The number of nitrogens with zero attached hydrogens (tertiary/aromatic N) is 3. The SMILES string of the molecule is C1=C[N-]C(C2[N-]CCCN2)N=C1.Cl.Cl.[O]=[Mo+2]=[O]. The molecule has 1 fully saturated rings. The molecule has 2 aliphatic heterocycles. The van der Waals surface area contributed by atoms with Crippen molar-refractivity contribution in [2.24, 2.45) is 4.99 Å². The molecule has 0 bridgehead atoms. The minimum absolute atomic E-state index is 0. The van der Waals surface area contributed by atoms with E-state index in [2.05, 4.69) is 20.9 Å². The number of hydrogen-bond donors (Lipinski definition) is 1. The van der Waals surface area contributed by atoms with Gasteiger partial charge in [0.15, 0.2) is 0 Å². The summed E-state index contributed by atoms with van der Waals surface area (Å²) >= 11 is -2.03. The van der Waals surface area contributed by atoms with E-state index in [9.17, 15) is 0 Å². The van der Waals surface area contributed by atoms with Crippen LogP contribution in [-0.2, 0) is 25.3 Å². The monoisotopic (exact) mass is 366 g/mol. The molecule has 0 aromatic rings. The zero-order valence-corrected chi connectivity index (χ0v) is 12.5. The molecule has 1 N–H and O–H groups in total. The van der Waals surface area contributed by atoms with Crippen molar-refractivity contribution in [3.63, 3.8) is 0 Å². The standard InChI is InChI=1S/C8H12N4.2ClH.Mo.2O/c1-3-9-7(10-4-1)8-11-5-2-6-12-8;;;;;/h1,3-4,7-8,11H,2,5-6H2;2*1H;;;/q-2;;;+2;;. The first kappa shape index (κ1) is 19.3. The van der Waals surface area contributed by atoms with Gasteiger partial charge in [0.25, 0.3) is 0 Å². The Morgan fingerprint density at radius 3 is 2.53 bits per heavy atom. The second kappa shape index (κ2) is 12.5. The van der Waals surface area contributed by atoms with Crippen LogP contribution < -0.4 is 5.32 Å². The van der Waals surface area contributed by atoms with Crippen LogP contribution in [-0.4, -0.2) is 31.6 Å². The first-order valence-electron chi connectivity index (χ1n) is 4.58. The van der Waals surface area contributed by atoms with Crippen molar-refractivity contribution in [1.29, 1.82) is 0 Å². The van der Waals surface area contributed by atoms with Gasteiger partial charge >= 0.3 is 25.3 Å². The van der Waals surface area contributed by atoms with Crippen LogP contribution in [0.15, 0.2) is 17.3 Å². The molecule has 17 heavy (non-hydrogen) atoms. The maximum absolute atomic E-state index is 8.50. The molecule has 2 heterocycles. The van der Waals surface area contributed by atoms with Crippen LogP contribution in [0.5, 0.6) is 0 Å². The van der Waals surface area contributed by atoms with Crippen molar-refractivity contribution in [1.82, 2.24) is 5.32 Å². The van der Waals surface area contributed by atoms with Crippen molar-refractivity contribution in [3.05, 3.63) is 22.9 Å². The van der Waals surface area contributed by atoms with Gasteiger partial charge in [-0.2, -0.15) is 6.20 Å². The molecule has 6 nitrogen and oxygen atoms in total. The van der Waals surface area contributed by atoms with Crippen molar-refractivity contribution < 1.29 is 25.3 Å². The molecule has 1 saturated heterocycles. The van der Waals surface area contributed by atoms with E-state index in [1.165, 1.54) is 0 Å². The molecule has 0 aromatic carbocycles. The Kier molecular flexibility index (Phi) is 14.2. The summed E-state index contributed by atoms with van der Waals surface area (Å²) in [4.78, 5) is 4.22. The maximum atomic E-state index is 8.50. The third-order valence-corrected chi connectivity index (χ3v) is 1.95. The molecule has 0 aliphatic carbocycles. The normalized spacial score (nSPS) is 24.9. The summed E-state index contributed by atoms with van der Waals surface area (Å²) in [5.74, 6) is 0. The third-order valence-electron chi connectivity index (χ3n) is 1.95. The number of nitrogens with one attached hydrogen (secondary N) is 1. The van der Waals surface area contributed by atoms with E-state index in [4.69, 9.17) is 6.80 Å². The average molecular weight is 365 g/mol. The molecule has 2 rings (SSSR count). The molecule has 0 spiro atoms. The summed E-state index contributed by atoms with van der Waals surface area (Å²) in [6.07, 6.45) is 6.59. The van der Waals surface area contributed by atoms with Crippen LogP contribution in [0.2, 0.25) is 0 Å². The fourth-order valence-electron chi connectivity index (χ4n) is 1.34. The second-order valence-corrected chi connectivity index (χ2v) is 3.26. The van der Waals surface area contributed by atoms with Crippen molar-refractivity contribution in [2.45, 2.75) is 18.8 Å². The Morgan fingerprint density at radius 1 is 1.35 bits per heavy atom. The molecule has 2 unspecified atom stereocenters. The number of hydrogen-bond acceptors (Lipinski definition) is 4. The molecule has 0 saturated carbocycles. The van der Waals surface area contributed by atoms with Gasteiger partial charge in [-0.3, -0.25) is 0 Å². The Balaban J connectivity index is 0. The number of allylic oxidation sites excluding steroid dienone is 1. The van der Waals surface area contributed by atoms with Crippen LogP contribution in [0.25, 0.3) is 10.6 Å². The quantitative estimate of drug-likeness (QED) is 0.716. The first-order chi connectivity index (χ1) is 7.38. The molecule has 2 atom stereocenters. The summed E-state index contributed by atoms with van der Waals surface area (Å²) in [6, 6.07) is 0. The van der Waals surface area contributed by atoms with Crippen LogP contribution in [0.3, 0.4) is 0 Å². The summed E-state index contributed by atoms with van der Waals surface area (Å²) in [7, 11) is 0. The van der Waals surface area contributed by atoms with Gasteiger partial charge in [-0.25, -0.2) is 0 Å². The zero-order chi connectivity index (χ0) is 10.9. The Labute approximate surface area is 121 Å². The van der Waals surface area contributed by atoms with Gasteiger partial charge in [0, 0.05) is 6.21 Å². The summed E-state index contributed by atoms with van der Waals surface area (Å²) in [6.45, 7) is 1.96. The molecule has 0 aromatic heterocycles. The van der Waals surface area contributed by atoms with E-state index in [1.807, 2.05) is 6.08 Å². The zero-order valence-electron chi connectivity index (χ0n) is 8.89. The van der Waals surface area contributed by atoms with Crippen LogP contribution in [0.1, 0.15) is 6.42 Å². The Morgan fingerprint density at radius 2 is 2.06 bits per heavy atom. The Bertz CT molecular complexity index is 279. The minimum atomic E-state index is -2.03. The fourth-order valence-corrected chi connectivity index (χ4v) is 1.34. The summed E-state index contributed by atoms with van der Waals surface area (Å²) < 4.78 is 17.0. The predicted molar refractivity (Wildman–Crippen MR) is 65.3 cm³/mol. The van der Waals surface area contributed by atoms with E-state index < -0.39 is 18.5 Å². The van der Waals surface area contributed by atoms with Gasteiger partial charge in [0.1, 0.15) is 0 Å². The van der Waals surface area contributed by atoms with Crippen LogP contribution >= 0.6 is 24.8 Å². The van der Waals surface area contributed by atoms with Crippen molar-refractivity contribution in [3.8, 4) is 0 Å². The predicted octanol–water partition coefficient (Wildman–Crippen LogP) is 1.58. The molecular weight excluding hydrogens is 351 g/mol. The topological polar surface area (TPSA) is 86.7 Å². The van der Waals surface area contributed by atoms with E-state index in [0.29, 0.717) is 0 Å². The van der Waals surface area contributed by atoms with E-state index in [1.54, 1.807) is 12.4 Å². The second-order valence-electron chi connectivity index (χ2n) is 2.93. The fraction of sp³-hybridized carbons (Fsp3) is 0.625. The molecule has 98 valence electrons. The van der Waals surface area contributed by atoms with Gasteiger partial charge in [-0.15, -0.1) is 31.4 Å². The summed E-state index contributed by atoms with van der Waals surface area (Å²) in [5, 5.41) is 11.9. The van der Waals surface area contributed by atoms with Crippen molar-refractivity contribution in [2.75, 3.05) is 13.1 Å². The number of halogens is 2. The van der Waals surface area contributed by atoms with Crippen LogP contribution in [0.4, 0.5) is 0 Å². The van der Waals surface area contributed by atoms with Gasteiger partial charge in [0.05, 0.1) is 0 Å². The molecule has 9 heteroatoms. The number of aliphatic imine (C=N–C) groups is 1. The van der Waals surface area contributed by atoms with Crippen LogP contribution in [0, 0.1) is 0 Å². The third kappa shape index (κ3) is 7.84. The molecule has 0 radical (unpaired) electrons.